The molecule has 1 aliphatic rings. The molecule has 0 bridgehead atoms. The maximum atomic E-state index is 13.5. The zero-order chi connectivity index (χ0) is 26.1. The third kappa shape index (κ3) is 5.36. The number of alkyl halides is 6. The molecule has 0 aliphatic carbocycles. The molecule has 0 unspecified atom stereocenters. The van der Waals surface area contributed by atoms with Crippen molar-refractivity contribution in [2.24, 2.45) is 0 Å². The fourth-order valence-electron chi connectivity index (χ4n) is 4.33. The zero-order valence-corrected chi connectivity index (χ0v) is 19.5. The molecule has 6 nitrogen and oxygen atoms in total. The van der Waals surface area contributed by atoms with E-state index in [0.29, 0.717) is 16.4 Å². The summed E-state index contributed by atoms with van der Waals surface area (Å²) in [5.41, 5.74) is -5.45. The van der Waals surface area contributed by atoms with Crippen LogP contribution in [0.3, 0.4) is 0 Å². The van der Waals surface area contributed by atoms with Crippen molar-refractivity contribution in [2.45, 2.75) is 43.7 Å². The largest absolute Gasteiger partial charge is 0.511 e. The Morgan fingerprint density at radius 3 is 2.31 bits per heavy atom. The number of anilines is 1. The van der Waals surface area contributed by atoms with E-state index in [1.807, 2.05) is 12.1 Å². The summed E-state index contributed by atoms with van der Waals surface area (Å²) in [4.78, 5) is 7.40. The van der Waals surface area contributed by atoms with Gasteiger partial charge in [0.05, 0.1) is 18.6 Å². The second-order valence-corrected chi connectivity index (χ2v) is 10.3. The molecule has 0 radical (unpaired) electrons. The number of H-pyrrole nitrogens is 1. The quantitative estimate of drug-likeness (QED) is 0.449. The Labute approximate surface area is 203 Å². The smallest absolute Gasteiger partial charge is 0.361 e. The minimum absolute atomic E-state index is 0.192. The van der Waals surface area contributed by atoms with Gasteiger partial charge in [-0.1, -0.05) is 48.5 Å². The van der Waals surface area contributed by atoms with Crippen LogP contribution in [0.25, 0.3) is 0 Å². The molecule has 36 heavy (non-hydrogen) atoms. The van der Waals surface area contributed by atoms with Gasteiger partial charge in [-0.2, -0.15) is 30.6 Å². The van der Waals surface area contributed by atoms with Gasteiger partial charge in [-0.15, -0.1) is 0 Å². The van der Waals surface area contributed by atoms with Crippen LogP contribution >= 0.6 is 0 Å². The molecule has 0 amide bonds. The molecule has 2 heterocycles. The lowest BCUT2D eigenvalue weighted by Crippen LogP contribution is -2.47. The normalized spacial score (nSPS) is 17.6. The lowest BCUT2D eigenvalue weighted by atomic mass is 10.0. The Balaban J connectivity index is 1.78. The highest BCUT2D eigenvalue weighted by molar-refractivity contribution is 7.89. The average Bonchev–Trinajstić information content (AvgIpc) is 3.23. The predicted molar refractivity (Wildman–Crippen MR) is 120 cm³/mol. The number of para-hydroxylation sites is 1. The lowest BCUT2D eigenvalue weighted by molar-refractivity contribution is -0.141. The topological polar surface area (TPSA) is 69.3 Å². The van der Waals surface area contributed by atoms with E-state index in [4.69, 9.17) is 0 Å². The van der Waals surface area contributed by atoms with E-state index in [1.54, 1.807) is 30.3 Å². The molecule has 0 spiro atoms. The molecule has 4 rings (SSSR count). The molecule has 1 atom stereocenters. The zero-order valence-electron chi connectivity index (χ0n) is 18.7. The van der Waals surface area contributed by atoms with Crippen molar-refractivity contribution in [3.05, 3.63) is 83.4 Å². The molecule has 1 N–H and O–H groups in total. The number of imidazole rings is 1. The molecule has 3 aromatic rings. The molecular weight excluding hydrogens is 510 g/mol. The Morgan fingerprint density at radius 1 is 0.972 bits per heavy atom. The standard InChI is InChI=1S/C23H22F6N4O2S/c24-22(25,26)21-19(30-15-31-21)14-33-18(11-10-16-6-2-1-3-7-16)13-32(36(34,35)23(27,28)29)12-17-8-4-5-9-20(17)33/h1-9,15,18H,10-14H2,(H,30,31)/t18-/m0/s1. The van der Waals surface area contributed by atoms with E-state index in [-0.39, 0.29) is 24.2 Å². The molecule has 194 valence electrons. The third-order valence-electron chi connectivity index (χ3n) is 6.06. The van der Waals surface area contributed by atoms with E-state index in [1.165, 1.54) is 17.0 Å². The summed E-state index contributed by atoms with van der Waals surface area (Å²) >= 11 is 0. The minimum Gasteiger partial charge on any atom is -0.361 e. The first-order valence-electron chi connectivity index (χ1n) is 10.9. The van der Waals surface area contributed by atoms with Gasteiger partial charge in [-0.05, 0) is 30.0 Å². The van der Waals surface area contributed by atoms with Gasteiger partial charge in [0.25, 0.3) is 0 Å². The molecule has 1 aliphatic heterocycles. The van der Waals surface area contributed by atoms with Crippen LogP contribution in [0.1, 0.15) is 28.9 Å². The fraction of sp³-hybridized carbons (Fsp3) is 0.348. The summed E-state index contributed by atoms with van der Waals surface area (Å²) in [6.45, 7) is -1.48. The van der Waals surface area contributed by atoms with Crippen LogP contribution in [0.4, 0.5) is 32.0 Å². The van der Waals surface area contributed by atoms with Crippen LogP contribution in [0.15, 0.2) is 60.9 Å². The monoisotopic (exact) mass is 532 g/mol. The van der Waals surface area contributed by atoms with Crippen molar-refractivity contribution >= 4 is 15.7 Å². The second-order valence-electron chi connectivity index (χ2n) is 8.41. The molecule has 0 saturated heterocycles. The van der Waals surface area contributed by atoms with E-state index in [2.05, 4.69) is 9.97 Å². The highest BCUT2D eigenvalue weighted by Crippen LogP contribution is 2.37. The number of fused-ring (bicyclic) bond motifs is 1. The Kier molecular flexibility index (Phi) is 7.06. The van der Waals surface area contributed by atoms with Crippen LogP contribution in [0.5, 0.6) is 0 Å². The predicted octanol–water partition coefficient (Wildman–Crippen LogP) is 5.10. The third-order valence-corrected chi connectivity index (χ3v) is 7.60. The van der Waals surface area contributed by atoms with Crippen molar-refractivity contribution in [1.29, 1.82) is 0 Å². The summed E-state index contributed by atoms with van der Waals surface area (Å²) in [5, 5.41) is 0. The summed E-state index contributed by atoms with van der Waals surface area (Å²) in [6, 6.07) is 14.3. The van der Waals surface area contributed by atoms with Crippen molar-refractivity contribution in [3.8, 4) is 0 Å². The average molecular weight is 533 g/mol. The number of hydrogen-bond acceptors (Lipinski definition) is 4. The first-order chi connectivity index (χ1) is 16.9. The van der Waals surface area contributed by atoms with Gasteiger partial charge in [-0.3, -0.25) is 0 Å². The highest BCUT2D eigenvalue weighted by atomic mass is 32.2. The van der Waals surface area contributed by atoms with Crippen LogP contribution in [-0.4, -0.2) is 40.8 Å². The van der Waals surface area contributed by atoms with Gasteiger partial charge in [-0.25, -0.2) is 13.4 Å². The highest BCUT2D eigenvalue weighted by Gasteiger charge is 2.51. The van der Waals surface area contributed by atoms with Gasteiger partial charge < -0.3 is 9.88 Å². The number of rotatable bonds is 6. The van der Waals surface area contributed by atoms with Crippen LogP contribution in [-0.2, 0) is 35.7 Å². The molecule has 2 aromatic carbocycles. The van der Waals surface area contributed by atoms with Crippen LogP contribution in [0, 0.1) is 0 Å². The first kappa shape index (κ1) is 26.0. The molecule has 0 fully saturated rings. The Hall–Kier alpha value is -3.06. The molecule has 13 heteroatoms. The number of sulfonamides is 1. The number of aromatic amines is 1. The van der Waals surface area contributed by atoms with Gasteiger partial charge in [0.1, 0.15) is 0 Å². The fourth-order valence-corrected chi connectivity index (χ4v) is 5.30. The van der Waals surface area contributed by atoms with Crippen LogP contribution in [0.2, 0.25) is 0 Å². The van der Waals surface area contributed by atoms with Crippen molar-refractivity contribution in [3.63, 3.8) is 0 Å². The Morgan fingerprint density at radius 2 is 1.64 bits per heavy atom. The summed E-state index contributed by atoms with van der Waals surface area (Å²) < 4.78 is 106. The number of aromatic nitrogens is 2. The number of hydrogen-bond donors (Lipinski definition) is 1. The van der Waals surface area contributed by atoms with E-state index >= 15 is 0 Å². The number of nitrogens with one attached hydrogen (secondary N) is 1. The maximum absolute atomic E-state index is 13.5. The molecule has 1 aromatic heterocycles. The van der Waals surface area contributed by atoms with E-state index in [9.17, 15) is 34.8 Å². The SMILES string of the molecule is O=S(=O)(N1Cc2ccccc2N(Cc2[nH]cnc2C(F)(F)F)[C@@H](CCc2ccccc2)C1)C(F)(F)F. The Bertz CT molecular complexity index is 1290. The van der Waals surface area contributed by atoms with Gasteiger partial charge >= 0.3 is 21.7 Å². The summed E-state index contributed by atoms with van der Waals surface area (Å²) in [6.07, 6.45) is -3.27. The number of aryl methyl sites for hydroxylation is 1. The van der Waals surface area contributed by atoms with E-state index < -0.39 is 46.5 Å². The number of halogens is 6. The van der Waals surface area contributed by atoms with Gasteiger partial charge in [0.15, 0.2) is 5.69 Å². The maximum Gasteiger partial charge on any atom is 0.511 e. The minimum atomic E-state index is -5.69. The van der Waals surface area contributed by atoms with Crippen LogP contribution < -0.4 is 4.90 Å². The van der Waals surface area contributed by atoms with Crippen molar-refractivity contribution in [2.75, 3.05) is 11.4 Å². The van der Waals surface area contributed by atoms with Gasteiger partial charge in [0.2, 0.25) is 0 Å². The van der Waals surface area contributed by atoms with Crippen molar-refractivity contribution in [1.82, 2.24) is 14.3 Å². The second kappa shape index (κ2) is 9.77. The number of benzene rings is 2. The van der Waals surface area contributed by atoms with E-state index in [0.717, 1.165) is 11.9 Å². The van der Waals surface area contributed by atoms with Gasteiger partial charge in [0, 0.05) is 24.8 Å². The lowest BCUT2D eigenvalue weighted by Gasteiger charge is -2.34. The molecular formula is C23H22F6N4O2S. The summed E-state index contributed by atoms with van der Waals surface area (Å²) in [7, 11) is -5.69. The first-order valence-corrected chi connectivity index (χ1v) is 12.4. The molecule has 0 saturated carbocycles. The number of nitrogens with zero attached hydrogens (tertiary/aromatic N) is 3. The van der Waals surface area contributed by atoms with Crippen molar-refractivity contribution < 1.29 is 34.8 Å². The summed E-state index contributed by atoms with van der Waals surface area (Å²) in [5.74, 6) is 0.